The van der Waals surface area contributed by atoms with E-state index in [-0.39, 0.29) is 6.04 Å². The smallest absolute Gasteiger partial charge is 0.243 e. The van der Waals surface area contributed by atoms with Crippen LogP contribution in [0.2, 0.25) is 0 Å². The first-order valence-electron chi connectivity index (χ1n) is 9.68. The van der Waals surface area contributed by atoms with Gasteiger partial charge in [0.2, 0.25) is 10.0 Å². The Bertz CT molecular complexity index is 828. The van der Waals surface area contributed by atoms with Gasteiger partial charge in [-0.2, -0.15) is 4.31 Å². The summed E-state index contributed by atoms with van der Waals surface area (Å²) in [6.45, 7) is 0.576. The summed E-state index contributed by atoms with van der Waals surface area (Å²) < 4.78 is 28.1. The first kappa shape index (κ1) is 17.7. The zero-order valence-corrected chi connectivity index (χ0v) is 15.9. The van der Waals surface area contributed by atoms with Crippen LogP contribution in [0, 0.1) is 0 Å². The van der Waals surface area contributed by atoms with Crippen molar-refractivity contribution < 1.29 is 8.42 Å². The Morgan fingerprint density at radius 1 is 0.885 bits per heavy atom. The normalized spacial score (nSPS) is 22.5. The summed E-state index contributed by atoms with van der Waals surface area (Å²) in [6.07, 6.45) is 11.6. The van der Waals surface area contributed by atoms with Crippen molar-refractivity contribution in [1.29, 1.82) is 0 Å². The van der Waals surface area contributed by atoms with Crippen LogP contribution in [0.1, 0.15) is 68.0 Å². The second kappa shape index (κ2) is 7.49. The Hall–Kier alpha value is -1.72. The molecule has 1 atom stereocenters. The fourth-order valence-corrected chi connectivity index (χ4v) is 6.10. The van der Waals surface area contributed by atoms with Crippen LogP contribution < -0.4 is 0 Å². The van der Waals surface area contributed by atoms with Crippen LogP contribution in [0.3, 0.4) is 0 Å². The Morgan fingerprint density at radius 2 is 1.65 bits per heavy atom. The lowest BCUT2D eigenvalue weighted by Gasteiger charge is -2.25. The van der Waals surface area contributed by atoms with E-state index < -0.39 is 10.0 Å². The van der Waals surface area contributed by atoms with Crippen LogP contribution in [0.4, 0.5) is 0 Å². The molecule has 138 valence electrons. The number of rotatable bonds is 4. The van der Waals surface area contributed by atoms with Crippen LogP contribution in [0.15, 0.2) is 53.7 Å². The van der Waals surface area contributed by atoms with Crippen LogP contribution in [0.25, 0.3) is 0 Å². The summed E-state index contributed by atoms with van der Waals surface area (Å²) in [4.78, 5) is 4.57. The molecule has 1 saturated heterocycles. The molecule has 0 unspecified atom stereocenters. The Balaban J connectivity index is 1.57. The third-order valence-corrected chi connectivity index (χ3v) is 7.76. The molecular weight excluding hydrogens is 344 g/mol. The van der Waals surface area contributed by atoms with Crippen molar-refractivity contribution in [2.45, 2.75) is 61.8 Å². The predicted octanol–water partition coefficient (Wildman–Crippen LogP) is 4.66. The molecular formula is C21H26N2O2S. The molecule has 0 N–H and O–H groups in total. The monoisotopic (exact) mass is 370 g/mol. The van der Waals surface area contributed by atoms with E-state index in [1.54, 1.807) is 28.8 Å². The standard InChI is InChI=1S/C21H26N2O2S/c24-26(25,23-15-5-9-21(23)19-8-4-14-22-16-19)20-12-10-18(11-13-20)17-6-2-1-3-7-17/h4,8,10-14,16-17,21H,1-3,5-7,9,15H2/t21-/m0/s1. The van der Waals surface area contributed by atoms with Gasteiger partial charge in [0, 0.05) is 18.9 Å². The van der Waals surface area contributed by atoms with Gasteiger partial charge < -0.3 is 0 Å². The van der Waals surface area contributed by atoms with Gasteiger partial charge in [-0.25, -0.2) is 8.42 Å². The lowest BCUT2D eigenvalue weighted by Crippen LogP contribution is -2.30. The molecule has 5 heteroatoms. The molecule has 1 aliphatic heterocycles. The van der Waals surface area contributed by atoms with Gasteiger partial charge in [0.1, 0.15) is 0 Å². The number of hydrogen-bond acceptors (Lipinski definition) is 3. The van der Waals surface area contributed by atoms with E-state index in [1.807, 2.05) is 24.3 Å². The van der Waals surface area contributed by atoms with Gasteiger partial charge in [-0.3, -0.25) is 4.98 Å². The number of sulfonamides is 1. The molecule has 2 aliphatic rings. The van der Waals surface area contributed by atoms with Crippen LogP contribution in [-0.2, 0) is 10.0 Å². The van der Waals surface area contributed by atoms with E-state index >= 15 is 0 Å². The van der Waals surface area contributed by atoms with Gasteiger partial charge in [0.05, 0.1) is 10.9 Å². The highest BCUT2D eigenvalue weighted by Gasteiger charge is 2.36. The molecule has 0 spiro atoms. The highest BCUT2D eigenvalue weighted by atomic mass is 32.2. The maximum atomic E-state index is 13.2. The minimum absolute atomic E-state index is 0.105. The van der Waals surface area contributed by atoms with Crippen LogP contribution in [-0.4, -0.2) is 24.3 Å². The Kier molecular flexibility index (Phi) is 5.09. The zero-order valence-electron chi connectivity index (χ0n) is 15.0. The van der Waals surface area contributed by atoms with E-state index in [4.69, 9.17) is 0 Å². The molecule has 26 heavy (non-hydrogen) atoms. The lowest BCUT2D eigenvalue weighted by molar-refractivity contribution is 0.396. The van der Waals surface area contributed by atoms with Crippen molar-refractivity contribution in [3.05, 3.63) is 59.9 Å². The largest absolute Gasteiger partial charge is 0.264 e. The van der Waals surface area contributed by atoms with Crippen molar-refractivity contribution in [2.24, 2.45) is 0 Å². The van der Waals surface area contributed by atoms with E-state index in [0.717, 1.165) is 18.4 Å². The highest BCUT2D eigenvalue weighted by molar-refractivity contribution is 7.89. The van der Waals surface area contributed by atoms with Crippen molar-refractivity contribution in [3.63, 3.8) is 0 Å². The molecule has 0 bridgehead atoms. The van der Waals surface area contributed by atoms with E-state index in [2.05, 4.69) is 4.98 Å². The van der Waals surface area contributed by atoms with Gasteiger partial charge >= 0.3 is 0 Å². The van der Waals surface area contributed by atoms with E-state index in [9.17, 15) is 8.42 Å². The summed E-state index contributed by atoms with van der Waals surface area (Å²) in [7, 11) is -3.48. The fourth-order valence-electron chi connectivity index (χ4n) is 4.42. The predicted molar refractivity (Wildman–Crippen MR) is 102 cm³/mol. The Labute approximate surface area is 156 Å². The maximum Gasteiger partial charge on any atom is 0.243 e. The molecule has 1 aromatic heterocycles. The molecule has 2 aromatic rings. The topological polar surface area (TPSA) is 50.3 Å². The van der Waals surface area contributed by atoms with Crippen molar-refractivity contribution >= 4 is 10.0 Å². The van der Waals surface area contributed by atoms with Gasteiger partial charge in [0.15, 0.2) is 0 Å². The summed E-state index contributed by atoms with van der Waals surface area (Å²) in [5, 5.41) is 0. The quantitative estimate of drug-likeness (QED) is 0.787. The first-order chi connectivity index (χ1) is 12.7. The molecule has 2 fully saturated rings. The number of hydrogen-bond donors (Lipinski definition) is 0. The summed E-state index contributed by atoms with van der Waals surface area (Å²) in [6, 6.07) is 11.4. The third-order valence-electron chi connectivity index (χ3n) is 5.84. The molecule has 4 nitrogen and oxygen atoms in total. The number of pyridine rings is 1. The fraction of sp³-hybridized carbons (Fsp3) is 0.476. The maximum absolute atomic E-state index is 13.2. The van der Waals surface area contributed by atoms with Gasteiger partial charge in [-0.05, 0) is 60.9 Å². The van der Waals surface area contributed by atoms with Crippen molar-refractivity contribution in [3.8, 4) is 0 Å². The summed E-state index contributed by atoms with van der Waals surface area (Å²) >= 11 is 0. The third kappa shape index (κ3) is 3.42. The second-order valence-corrected chi connectivity index (χ2v) is 9.35. The van der Waals surface area contributed by atoms with E-state index in [0.29, 0.717) is 17.4 Å². The molecule has 1 aromatic carbocycles. The summed E-state index contributed by atoms with van der Waals surface area (Å²) in [5.74, 6) is 0.593. The average molecular weight is 371 g/mol. The number of nitrogens with zero attached hydrogens (tertiary/aromatic N) is 2. The molecule has 0 amide bonds. The Morgan fingerprint density at radius 3 is 2.35 bits per heavy atom. The minimum atomic E-state index is -3.48. The minimum Gasteiger partial charge on any atom is -0.264 e. The van der Waals surface area contributed by atoms with Crippen LogP contribution >= 0.6 is 0 Å². The summed E-state index contributed by atoms with van der Waals surface area (Å²) in [5.41, 5.74) is 2.27. The number of aromatic nitrogens is 1. The van der Waals surface area contributed by atoms with E-state index in [1.165, 1.54) is 37.7 Å². The van der Waals surface area contributed by atoms with Crippen molar-refractivity contribution in [2.75, 3.05) is 6.54 Å². The molecule has 4 rings (SSSR count). The molecule has 0 radical (unpaired) electrons. The lowest BCUT2D eigenvalue weighted by atomic mass is 9.84. The average Bonchev–Trinajstić information content (AvgIpc) is 3.20. The molecule has 1 saturated carbocycles. The van der Waals surface area contributed by atoms with Gasteiger partial charge in [0.25, 0.3) is 0 Å². The highest BCUT2D eigenvalue weighted by Crippen LogP contribution is 2.37. The molecule has 2 heterocycles. The SMILES string of the molecule is O=S(=O)(c1ccc(C2CCCCC2)cc1)N1CCC[C@H]1c1cccnc1. The van der Waals surface area contributed by atoms with Gasteiger partial charge in [-0.1, -0.05) is 37.5 Å². The number of benzene rings is 1. The van der Waals surface area contributed by atoms with Gasteiger partial charge in [-0.15, -0.1) is 0 Å². The molecule has 1 aliphatic carbocycles. The first-order valence-corrected chi connectivity index (χ1v) is 11.1. The van der Waals surface area contributed by atoms with Crippen LogP contribution in [0.5, 0.6) is 0 Å². The second-order valence-electron chi connectivity index (χ2n) is 7.46. The van der Waals surface area contributed by atoms with Crippen molar-refractivity contribution in [1.82, 2.24) is 9.29 Å². The zero-order chi connectivity index (χ0) is 18.0.